The van der Waals surface area contributed by atoms with Crippen molar-refractivity contribution in [1.29, 1.82) is 0 Å². The van der Waals surface area contributed by atoms with Crippen molar-refractivity contribution in [2.24, 2.45) is 0 Å². The fraction of sp³-hybridized carbons (Fsp3) is 0.417. The van der Waals surface area contributed by atoms with Crippen LogP contribution in [0.5, 0.6) is 0 Å². The molecule has 0 spiro atoms. The zero-order chi connectivity index (χ0) is 27.1. The summed E-state index contributed by atoms with van der Waals surface area (Å²) >= 11 is 6.24. The number of benzene rings is 2. The number of alkyl halides is 3. The van der Waals surface area contributed by atoms with Gasteiger partial charge in [0.25, 0.3) is 0 Å². The molecular weight excluding hydrogens is 519 g/mol. The van der Waals surface area contributed by atoms with E-state index in [-0.39, 0.29) is 37.5 Å². The largest absolute Gasteiger partial charge is 0.416 e. The van der Waals surface area contributed by atoms with Crippen LogP contribution in [0, 0.1) is 0 Å². The molecule has 2 aromatic rings. The molecule has 0 heterocycles. The molecule has 0 aliphatic heterocycles. The highest BCUT2D eigenvalue weighted by molar-refractivity contribution is 7.92. The molecule has 0 aliphatic rings. The van der Waals surface area contributed by atoms with E-state index in [0.29, 0.717) is 17.1 Å². The van der Waals surface area contributed by atoms with Crippen LogP contribution < -0.4 is 9.62 Å². The van der Waals surface area contributed by atoms with E-state index in [2.05, 4.69) is 5.32 Å². The van der Waals surface area contributed by atoms with Crippen LogP contribution in [-0.4, -0.2) is 50.5 Å². The Bertz CT molecular complexity index is 1180. The average Bonchev–Trinajstić information content (AvgIpc) is 2.79. The van der Waals surface area contributed by atoms with Gasteiger partial charge in [-0.15, -0.1) is 0 Å². The van der Waals surface area contributed by atoms with Crippen molar-refractivity contribution >= 4 is 39.1 Å². The number of likely N-dealkylation sites (N-methyl/N-ethyl adjacent to an activating group) is 1. The van der Waals surface area contributed by atoms with Gasteiger partial charge in [0.15, 0.2) is 0 Å². The van der Waals surface area contributed by atoms with Gasteiger partial charge in [-0.1, -0.05) is 35.9 Å². The fourth-order valence-corrected chi connectivity index (χ4v) is 4.71. The van der Waals surface area contributed by atoms with Crippen molar-refractivity contribution in [2.75, 3.05) is 23.7 Å². The number of carbonyl (C=O) groups is 2. The standard InChI is InChI=1S/C24H29ClF3N3O4S/c1-4-29-23(33)17(2)30(16-18-9-5-6-12-21(18)25)22(32)13-8-14-31(36(3,34)35)20-11-7-10-19(15-20)24(26,27)28/h5-7,9-12,15,17H,4,8,13-14,16H2,1-3H3,(H,29,33). The maximum absolute atomic E-state index is 13.1. The SMILES string of the molecule is CCNC(=O)C(C)N(Cc1ccccc1Cl)C(=O)CCCN(c1cccc(C(F)(F)F)c1)S(C)(=O)=O. The van der Waals surface area contributed by atoms with Gasteiger partial charge in [-0.25, -0.2) is 8.42 Å². The van der Waals surface area contributed by atoms with E-state index >= 15 is 0 Å². The molecule has 0 radical (unpaired) electrons. The van der Waals surface area contributed by atoms with Crippen LogP contribution in [-0.2, 0) is 32.3 Å². The number of nitrogens with zero attached hydrogens (tertiary/aromatic N) is 2. The number of anilines is 1. The molecule has 0 aliphatic carbocycles. The van der Waals surface area contributed by atoms with E-state index in [1.807, 2.05) is 0 Å². The molecule has 1 N–H and O–H groups in total. The third-order valence-corrected chi connectivity index (χ3v) is 6.99. The topological polar surface area (TPSA) is 86.8 Å². The summed E-state index contributed by atoms with van der Waals surface area (Å²) in [6.45, 7) is 3.53. The zero-order valence-electron chi connectivity index (χ0n) is 20.2. The molecule has 198 valence electrons. The first kappa shape index (κ1) is 29.4. The molecule has 36 heavy (non-hydrogen) atoms. The minimum Gasteiger partial charge on any atom is -0.355 e. The third kappa shape index (κ3) is 8.12. The Kier molecular flexibility index (Phi) is 10.2. The van der Waals surface area contributed by atoms with E-state index in [0.717, 1.165) is 28.8 Å². The monoisotopic (exact) mass is 547 g/mol. The quantitative estimate of drug-likeness (QED) is 0.450. The summed E-state index contributed by atoms with van der Waals surface area (Å²) in [6.07, 6.45) is -3.87. The molecule has 0 bridgehead atoms. The van der Waals surface area contributed by atoms with Crippen LogP contribution >= 0.6 is 11.6 Å². The van der Waals surface area contributed by atoms with Crippen molar-refractivity contribution in [2.45, 2.75) is 45.5 Å². The van der Waals surface area contributed by atoms with Gasteiger partial charge in [-0.2, -0.15) is 13.2 Å². The lowest BCUT2D eigenvalue weighted by Crippen LogP contribution is -2.47. The highest BCUT2D eigenvalue weighted by Gasteiger charge is 2.32. The Labute approximate surface area is 214 Å². The average molecular weight is 548 g/mol. The molecule has 12 heteroatoms. The van der Waals surface area contributed by atoms with Gasteiger partial charge in [0.05, 0.1) is 17.5 Å². The molecule has 1 unspecified atom stereocenters. The summed E-state index contributed by atoms with van der Waals surface area (Å²) in [4.78, 5) is 27.0. The van der Waals surface area contributed by atoms with Crippen LogP contribution in [0.2, 0.25) is 5.02 Å². The number of hydrogen-bond donors (Lipinski definition) is 1. The number of hydrogen-bond acceptors (Lipinski definition) is 4. The Balaban J connectivity index is 2.21. The highest BCUT2D eigenvalue weighted by atomic mass is 35.5. The second kappa shape index (κ2) is 12.4. The Morgan fingerprint density at radius 1 is 1.11 bits per heavy atom. The Morgan fingerprint density at radius 3 is 2.36 bits per heavy atom. The van der Waals surface area contributed by atoms with Gasteiger partial charge in [0.1, 0.15) is 6.04 Å². The van der Waals surface area contributed by atoms with Crippen LogP contribution in [0.15, 0.2) is 48.5 Å². The predicted molar refractivity (Wildman–Crippen MR) is 133 cm³/mol. The molecular formula is C24H29ClF3N3O4S. The lowest BCUT2D eigenvalue weighted by Gasteiger charge is -2.29. The van der Waals surface area contributed by atoms with Crippen molar-refractivity contribution in [3.05, 3.63) is 64.7 Å². The first-order valence-electron chi connectivity index (χ1n) is 11.2. The summed E-state index contributed by atoms with van der Waals surface area (Å²) in [6, 6.07) is 10.0. The molecule has 2 rings (SSSR count). The van der Waals surface area contributed by atoms with Crippen LogP contribution in [0.1, 0.15) is 37.8 Å². The van der Waals surface area contributed by atoms with Crippen molar-refractivity contribution in [1.82, 2.24) is 10.2 Å². The predicted octanol–water partition coefficient (Wildman–Crippen LogP) is 4.46. The molecule has 1 atom stereocenters. The van der Waals surface area contributed by atoms with E-state index in [1.54, 1.807) is 38.1 Å². The lowest BCUT2D eigenvalue weighted by molar-refractivity contribution is -0.140. The van der Waals surface area contributed by atoms with E-state index in [9.17, 15) is 31.2 Å². The third-order valence-electron chi connectivity index (χ3n) is 5.43. The van der Waals surface area contributed by atoms with Gasteiger partial charge in [0.2, 0.25) is 21.8 Å². The summed E-state index contributed by atoms with van der Waals surface area (Å²) in [5, 5.41) is 3.09. The summed E-state index contributed by atoms with van der Waals surface area (Å²) in [5.41, 5.74) is -0.500. The van der Waals surface area contributed by atoms with Crippen molar-refractivity contribution in [3.8, 4) is 0 Å². The minimum atomic E-state index is -4.64. The first-order chi connectivity index (χ1) is 16.8. The second-order valence-corrected chi connectivity index (χ2v) is 10.5. The van der Waals surface area contributed by atoms with Crippen molar-refractivity contribution < 1.29 is 31.2 Å². The van der Waals surface area contributed by atoms with Gasteiger partial charge < -0.3 is 10.2 Å². The summed E-state index contributed by atoms with van der Waals surface area (Å²) < 4.78 is 64.9. The number of nitrogens with one attached hydrogen (secondary N) is 1. The number of sulfonamides is 1. The maximum atomic E-state index is 13.1. The zero-order valence-corrected chi connectivity index (χ0v) is 21.8. The number of carbonyl (C=O) groups excluding carboxylic acids is 2. The van der Waals surface area contributed by atoms with Crippen molar-refractivity contribution in [3.63, 3.8) is 0 Å². The van der Waals surface area contributed by atoms with Gasteiger partial charge in [-0.05, 0) is 50.1 Å². The smallest absolute Gasteiger partial charge is 0.355 e. The normalized spacial score (nSPS) is 12.6. The molecule has 0 saturated heterocycles. The van der Waals surface area contributed by atoms with E-state index in [4.69, 9.17) is 11.6 Å². The first-order valence-corrected chi connectivity index (χ1v) is 13.4. The number of rotatable bonds is 11. The fourth-order valence-electron chi connectivity index (χ4n) is 3.56. The molecule has 2 aromatic carbocycles. The molecule has 7 nitrogen and oxygen atoms in total. The minimum absolute atomic E-state index is 0.0172. The maximum Gasteiger partial charge on any atom is 0.416 e. The Morgan fingerprint density at radius 2 is 1.78 bits per heavy atom. The molecule has 2 amide bonds. The van der Waals surface area contributed by atoms with Gasteiger partial charge >= 0.3 is 6.18 Å². The van der Waals surface area contributed by atoms with Crippen LogP contribution in [0.4, 0.5) is 18.9 Å². The van der Waals surface area contributed by atoms with E-state index in [1.165, 1.54) is 11.0 Å². The van der Waals surface area contributed by atoms with Crippen LogP contribution in [0.25, 0.3) is 0 Å². The second-order valence-electron chi connectivity index (χ2n) is 8.17. The Hall–Kier alpha value is -2.79. The molecule has 0 saturated carbocycles. The van der Waals surface area contributed by atoms with Gasteiger partial charge in [0, 0.05) is 31.1 Å². The number of halogens is 4. The highest BCUT2D eigenvalue weighted by Crippen LogP contribution is 2.32. The van der Waals surface area contributed by atoms with Gasteiger partial charge in [-0.3, -0.25) is 13.9 Å². The molecule has 0 fully saturated rings. The summed E-state index contributed by atoms with van der Waals surface area (Å²) in [7, 11) is -3.93. The summed E-state index contributed by atoms with van der Waals surface area (Å²) in [5.74, 6) is -0.786. The number of amides is 2. The molecule has 0 aromatic heterocycles. The van der Waals surface area contributed by atoms with Crippen LogP contribution in [0.3, 0.4) is 0 Å². The lowest BCUT2D eigenvalue weighted by atomic mass is 10.1. The van der Waals surface area contributed by atoms with E-state index < -0.39 is 33.7 Å².